The summed E-state index contributed by atoms with van der Waals surface area (Å²) in [6.45, 7) is 8.99. The molecule has 6 rings (SSSR count). The lowest BCUT2D eigenvalue weighted by Gasteiger charge is -2.42. The molecule has 0 aliphatic carbocycles. The number of fused-ring (bicyclic) bond motifs is 2. The fourth-order valence-corrected chi connectivity index (χ4v) is 8.33. The second-order valence-electron chi connectivity index (χ2n) is 11.5. The Labute approximate surface area is 276 Å². The van der Waals surface area contributed by atoms with Crippen molar-refractivity contribution in [2.45, 2.75) is 57.4 Å². The molecule has 11 nitrogen and oxygen atoms in total. The summed E-state index contributed by atoms with van der Waals surface area (Å²) in [5, 5.41) is 15.8. The Morgan fingerprint density at radius 2 is 2.18 bits per heavy atom. The Hall–Kier alpha value is -2.56. The maximum Gasteiger partial charge on any atom is 0.318 e. The Morgan fingerprint density at radius 1 is 1.34 bits per heavy atom. The van der Waals surface area contributed by atoms with Gasteiger partial charge in [0.15, 0.2) is 0 Å². The minimum atomic E-state index is -0.322. The van der Waals surface area contributed by atoms with Gasteiger partial charge in [-0.25, -0.2) is 4.45 Å². The summed E-state index contributed by atoms with van der Waals surface area (Å²) in [5.41, 5.74) is 4.69. The molecule has 4 atom stereocenters. The zero-order valence-corrected chi connectivity index (χ0v) is 28.7. The molecule has 1 aromatic carbocycles. The zero-order valence-electron chi connectivity index (χ0n) is 24.8. The highest BCUT2D eigenvalue weighted by molar-refractivity contribution is 14.2. The molecule has 14 heteroatoms. The number of carbonyl (C=O) groups is 1. The van der Waals surface area contributed by atoms with Crippen molar-refractivity contribution in [2.75, 3.05) is 44.7 Å². The van der Waals surface area contributed by atoms with Gasteiger partial charge in [0.1, 0.15) is 12.4 Å². The van der Waals surface area contributed by atoms with Crippen molar-refractivity contribution >= 4 is 62.6 Å². The molecule has 0 bridgehead atoms. The van der Waals surface area contributed by atoms with E-state index in [1.54, 1.807) is 4.90 Å². The van der Waals surface area contributed by atoms with Gasteiger partial charge >= 0.3 is 6.01 Å². The van der Waals surface area contributed by atoms with Gasteiger partial charge in [0.25, 0.3) is 0 Å². The summed E-state index contributed by atoms with van der Waals surface area (Å²) in [4.78, 5) is 28.6. The smallest absolute Gasteiger partial charge is 0.318 e. The number of nitrogens with zero attached hydrogens (tertiary/aromatic N) is 8. The molecule has 5 heterocycles. The first-order valence-electron chi connectivity index (χ1n) is 14.8. The van der Waals surface area contributed by atoms with E-state index in [0.29, 0.717) is 62.7 Å². The number of amides is 1. The molecule has 2 fully saturated rings. The number of hydrogen-bond donors (Lipinski definition) is 0. The second-order valence-corrected chi connectivity index (χ2v) is 14.0. The number of hydrogen-bond acceptors (Lipinski definition) is 9. The van der Waals surface area contributed by atoms with Crippen molar-refractivity contribution in [1.29, 1.82) is 5.26 Å². The standard InChI is InChI=1S/C30H35ClIN8O3P/c1-4-26(41)39-11-10-38(15-19(39)7-8-33)29-22-17-42-25(27-21-14-34-40(44-32)24(21)12-18(2)28(27)31)13-23(22)35-30(36-29)43-16-20-6-5-9-37(20)3/h4,12,14,19-20,25,44H,1,5-7,9-11,13,15-17H2,2-3H3/t19-,20-,25?/m0/s1. The van der Waals surface area contributed by atoms with E-state index in [1.165, 1.54) is 6.08 Å². The molecule has 2 saturated heterocycles. The maximum absolute atomic E-state index is 12.5. The van der Waals surface area contributed by atoms with Crippen LogP contribution in [0, 0.1) is 18.3 Å². The zero-order chi connectivity index (χ0) is 31.0. The molecule has 3 aromatic rings. The van der Waals surface area contributed by atoms with Gasteiger partial charge in [0, 0.05) is 48.6 Å². The Balaban J connectivity index is 1.36. The summed E-state index contributed by atoms with van der Waals surface area (Å²) in [6, 6.07) is 4.69. The quantitative estimate of drug-likeness (QED) is 0.179. The number of aromatic nitrogens is 4. The van der Waals surface area contributed by atoms with E-state index >= 15 is 0 Å². The Kier molecular flexibility index (Phi) is 9.59. The number of aryl methyl sites for hydroxylation is 1. The third-order valence-corrected chi connectivity index (χ3v) is 11.3. The summed E-state index contributed by atoms with van der Waals surface area (Å²) in [7, 11) is 2.12. The lowest BCUT2D eigenvalue weighted by Crippen LogP contribution is -2.55. The predicted octanol–water partition coefficient (Wildman–Crippen LogP) is 4.98. The Morgan fingerprint density at radius 3 is 2.91 bits per heavy atom. The van der Waals surface area contributed by atoms with Gasteiger partial charge in [-0.2, -0.15) is 20.3 Å². The van der Waals surface area contributed by atoms with Gasteiger partial charge < -0.3 is 24.2 Å². The fraction of sp³-hybridized carbons (Fsp3) is 0.500. The number of anilines is 1. The second kappa shape index (κ2) is 13.4. The molecule has 1 amide bonds. The van der Waals surface area contributed by atoms with E-state index in [0.717, 1.165) is 58.5 Å². The van der Waals surface area contributed by atoms with Crippen LogP contribution in [0.3, 0.4) is 0 Å². The molecule has 2 unspecified atom stereocenters. The molecule has 44 heavy (non-hydrogen) atoms. The van der Waals surface area contributed by atoms with Crippen molar-refractivity contribution in [3.8, 4) is 12.1 Å². The molecule has 0 saturated carbocycles. The molecule has 0 N–H and O–H groups in total. The summed E-state index contributed by atoms with van der Waals surface area (Å²) in [5.74, 6) is 0.564. The monoisotopic (exact) mass is 748 g/mol. The highest BCUT2D eigenvalue weighted by Gasteiger charge is 2.35. The van der Waals surface area contributed by atoms with Crippen LogP contribution in [0.1, 0.15) is 47.8 Å². The number of likely N-dealkylation sites (tertiary alicyclic amines) is 1. The largest absolute Gasteiger partial charge is 0.462 e. The molecule has 2 aromatic heterocycles. The predicted molar refractivity (Wildman–Crippen MR) is 180 cm³/mol. The van der Waals surface area contributed by atoms with Gasteiger partial charge in [-0.05, 0) is 73.1 Å². The number of nitriles is 1. The topological polar surface area (TPSA) is 113 Å². The van der Waals surface area contributed by atoms with E-state index < -0.39 is 0 Å². The maximum atomic E-state index is 12.5. The minimum absolute atomic E-state index is 0.168. The molecule has 0 radical (unpaired) electrons. The fourth-order valence-electron chi connectivity index (χ4n) is 6.52. The van der Waals surface area contributed by atoms with Crippen LogP contribution in [0.15, 0.2) is 24.9 Å². The van der Waals surface area contributed by atoms with Crippen molar-refractivity contribution in [2.24, 2.45) is 0 Å². The number of benzene rings is 1. The molecule has 3 aliphatic rings. The number of carbonyl (C=O) groups excluding carboxylic acids is 1. The summed E-state index contributed by atoms with van der Waals surface area (Å²) in [6.07, 6.45) is 6.26. The Bertz CT molecular complexity index is 1630. The summed E-state index contributed by atoms with van der Waals surface area (Å²) < 4.78 is 14.8. The molecule has 3 aliphatic heterocycles. The average Bonchev–Trinajstić information content (AvgIpc) is 3.64. The van der Waals surface area contributed by atoms with E-state index in [1.807, 2.05) is 17.6 Å². The van der Waals surface area contributed by atoms with Gasteiger partial charge in [-0.15, -0.1) is 0 Å². The number of piperazine rings is 1. The average molecular weight is 749 g/mol. The van der Waals surface area contributed by atoms with Gasteiger partial charge in [0.05, 0.1) is 60.0 Å². The van der Waals surface area contributed by atoms with Crippen LogP contribution in [-0.2, 0) is 22.6 Å². The number of ether oxygens (including phenoxy) is 2. The van der Waals surface area contributed by atoms with Crippen LogP contribution in [0.25, 0.3) is 10.9 Å². The van der Waals surface area contributed by atoms with Crippen molar-refractivity contribution < 1.29 is 14.3 Å². The van der Waals surface area contributed by atoms with Crippen molar-refractivity contribution in [1.82, 2.24) is 29.3 Å². The third-order valence-electron chi connectivity index (χ3n) is 8.94. The van der Waals surface area contributed by atoms with Gasteiger partial charge in [-0.3, -0.25) is 4.79 Å². The number of likely N-dealkylation sites (N-methyl/N-ethyl adjacent to an activating group) is 1. The van der Waals surface area contributed by atoms with Gasteiger partial charge in [-0.1, -0.05) is 18.2 Å². The number of halogens is 2. The van der Waals surface area contributed by atoms with E-state index in [2.05, 4.69) is 62.7 Å². The third kappa shape index (κ3) is 6.01. The van der Waals surface area contributed by atoms with Crippen LogP contribution < -0.4 is 9.64 Å². The van der Waals surface area contributed by atoms with Crippen LogP contribution in [0.5, 0.6) is 6.01 Å². The minimum Gasteiger partial charge on any atom is -0.462 e. The van der Waals surface area contributed by atoms with Gasteiger partial charge in [0.2, 0.25) is 5.91 Å². The van der Waals surface area contributed by atoms with Crippen molar-refractivity contribution in [3.05, 3.63) is 52.3 Å². The molecule has 232 valence electrons. The highest BCUT2D eigenvalue weighted by Crippen LogP contribution is 2.43. The highest BCUT2D eigenvalue weighted by atomic mass is 127. The first-order valence-corrected chi connectivity index (χ1v) is 19.2. The van der Waals surface area contributed by atoms with Crippen LogP contribution in [0.4, 0.5) is 5.82 Å². The van der Waals surface area contributed by atoms with E-state index in [9.17, 15) is 10.1 Å². The normalized spacial score (nSPS) is 22.5. The van der Waals surface area contributed by atoms with E-state index in [-0.39, 0.29) is 24.5 Å². The lowest BCUT2D eigenvalue weighted by atomic mass is 9.95. The molecular formula is C30H35ClIN8O3P. The van der Waals surface area contributed by atoms with Crippen LogP contribution in [-0.4, -0.2) is 87.1 Å². The van der Waals surface area contributed by atoms with Crippen LogP contribution in [0.2, 0.25) is 5.02 Å². The first kappa shape index (κ1) is 31.4. The lowest BCUT2D eigenvalue weighted by molar-refractivity contribution is -0.128. The number of rotatable bonds is 8. The molecule has 0 spiro atoms. The van der Waals surface area contributed by atoms with Crippen LogP contribution >= 0.6 is 40.0 Å². The molecular weight excluding hydrogens is 714 g/mol. The summed E-state index contributed by atoms with van der Waals surface area (Å²) >= 11 is 9.28. The first-order chi connectivity index (χ1) is 21.3. The van der Waals surface area contributed by atoms with E-state index in [4.69, 9.17) is 31.0 Å². The SMILES string of the molecule is C=CC(=O)N1CCN(c2nc(OC[C@@H]3CCCN3C)nc3c2COC(c2c(Cl)c(C)cc4c2cnn4PI)C3)C[C@@H]1CC#N. The van der Waals surface area contributed by atoms with Crippen molar-refractivity contribution in [3.63, 3.8) is 0 Å².